The molecule has 2 aromatic rings. The van der Waals surface area contributed by atoms with Crippen molar-refractivity contribution in [3.05, 3.63) is 50.9 Å². The van der Waals surface area contributed by atoms with Crippen LogP contribution in [-0.2, 0) is 6.42 Å². The van der Waals surface area contributed by atoms with Crippen LogP contribution >= 0.6 is 22.9 Å². The SMILES string of the molecule is Cc1cc(Cl)ccc1C(Cc1cncs1)NN. The van der Waals surface area contributed by atoms with Gasteiger partial charge in [-0.15, -0.1) is 11.3 Å². The van der Waals surface area contributed by atoms with E-state index in [1.165, 1.54) is 10.4 Å². The summed E-state index contributed by atoms with van der Waals surface area (Å²) < 4.78 is 0. The van der Waals surface area contributed by atoms with Gasteiger partial charge in [-0.05, 0) is 30.2 Å². The van der Waals surface area contributed by atoms with E-state index in [-0.39, 0.29) is 6.04 Å². The van der Waals surface area contributed by atoms with Gasteiger partial charge in [0.1, 0.15) is 0 Å². The zero-order valence-corrected chi connectivity index (χ0v) is 11.1. The minimum absolute atomic E-state index is 0.0905. The summed E-state index contributed by atoms with van der Waals surface area (Å²) in [6.07, 6.45) is 2.71. The first-order valence-corrected chi connectivity index (χ1v) is 6.56. The second kappa shape index (κ2) is 5.60. The molecule has 90 valence electrons. The summed E-state index contributed by atoms with van der Waals surface area (Å²) in [7, 11) is 0. The fourth-order valence-corrected chi connectivity index (χ4v) is 2.70. The van der Waals surface area contributed by atoms with Crippen molar-refractivity contribution < 1.29 is 0 Å². The maximum atomic E-state index is 5.95. The zero-order chi connectivity index (χ0) is 12.3. The minimum Gasteiger partial charge on any atom is -0.271 e. The molecule has 3 N–H and O–H groups in total. The molecule has 1 aromatic heterocycles. The molecule has 0 radical (unpaired) electrons. The maximum Gasteiger partial charge on any atom is 0.0794 e. The van der Waals surface area contributed by atoms with E-state index in [2.05, 4.69) is 10.4 Å². The molecule has 5 heteroatoms. The van der Waals surface area contributed by atoms with E-state index in [4.69, 9.17) is 17.4 Å². The smallest absolute Gasteiger partial charge is 0.0794 e. The lowest BCUT2D eigenvalue weighted by atomic mass is 9.99. The normalized spacial score (nSPS) is 12.6. The van der Waals surface area contributed by atoms with Crippen LogP contribution in [0, 0.1) is 6.92 Å². The zero-order valence-electron chi connectivity index (χ0n) is 9.48. The number of hydrogen-bond acceptors (Lipinski definition) is 4. The lowest BCUT2D eigenvalue weighted by Gasteiger charge is -2.17. The molecule has 0 fully saturated rings. The molecule has 0 saturated carbocycles. The van der Waals surface area contributed by atoms with Gasteiger partial charge in [0.2, 0.25) is 0 Å². The summed E-state index contributed by atoms with van der Waals surface area (Å²) >= 11 is 7.59. The number of aryl methyl sites for hydroxylation is 1. The molecule has 0 amide bonds. The highest BCUT2D eigenvalue weighted by Gasteiger charge is 2.13. The Bertz CT molecular complexity index is 485. The highest BCUT2D eigenvalue weighted by atomic mass is 35.5. The first-order chi connectivity index (χ1) is 8.20. The molecule has 17 heavy (non-hydrogen) atoms. The van der Waals surface area contributed by atoms with Crippen molar-refractivity contribution in [2.24, 2.45) is 5.84 Å². The number of hydrazine groups is 1. The van der Waals surface area contributed by atoms with Crippen molar-refractivity contribution in [1.29, 1.82) is 0 Å². The monoisotopic (exact) mass is 267 g/mol. The summed E-state index contributed by atoms with van der Waals surface area (Å²) in [6, 6.07) is 5.95. The Morgan fingerprint density at radius 2 is 2.35 bits per heavy atom. The highest BCUT2D eigenvalue weighted by molar-refractivity contribution is 7.09. The Morgan fingerprint density at radius 3 is 2.94 bits per heavy atom. The van der Waals surface area contributed by atoms with Gasteiger partial charge in [-0.25, -0.2) is 0 Å². The van der Waals surface area contributed by atoms with Gasteiger partial charge < -0.3 is 0 Å². The van der Waals surface area contributed by atoms with E-state index in [0.717, 1.165) is 17.0 Å². The van der Waals surface area contributed by atoms with Gasteiger partial charge in [0.15, 0.2) is 0 Å². The average molecular weight is 268 g/mol. The summed E-state index contributed by atoms with van der Waals surface area (Å²) in [5.74, 6) is 5.63. The molecule has 1 unspecified atom stereocenters. The Labute approximate surface area is 110 Å². The van der Waals surface area contributed by atoms with Gasteiger partial charge in [0.05, 0.1) is 11.6 Å². The molecule has 2 rings (SSSR count). The Morgan fingerprint density at radius 1 is 1.53 bits per heavy atom. The fourth-order valence-electron chi connectivity index (χ4n) is 1.83. The number of hydrogen-bond donors (Lipinski definition) is 2. The number of nitrogens with one attached hydrogen (secondary N) is 1. The van der Waals surface area contributed by atoms with Crippen molar-refractivity contribution in [3.63, 3.8) is 0 Å². The molecule has 1 aromatic carbocycles. The topological polar surface area (TPSA) is 50.9 Å². The van der Waals surface area contributed by atoms with Crippen molar-refractivity contribution in [3.8, 4) is 0 Å². The molecule has 0 saturated heterocycles. The van der Waals surface area contributed by atoms with Gasteiger partial charge >= 0.3 is 0 Å². The molecule has 1 heterocycles. The number of halogens is 1. The van der Waals surface area contributed by atoms with Gasteiger partial charge in [-0.1, -0.05) is 17.7 Å². The van der Waals surface area contributed by atoms with Crippen LogP contribution in [0.4, 0.5) is 0 Å². The number of aromatic nitrogens is 1. The first-order valence-electron chi connectivity index (χ1n) is 5.30. The van der Waals surface area contributed by atoms with Crippen LogP contribution in [0.3, 0.4) is 0 Å². The van der Waals surface area contributed by atoms with Crippen LogP contribution in [0.2, 0.25) is 5.02 Å². The third-order valence-electron chi connectivity index (χ3n) is 2.70. The fraction of sp³-hybridized carbons (Fsp3) is 0.250. The lowest BCUT2D eigenvalue weighted by molar-refractivity contribution is 0.552. The first kappa shape index (κ1) is 12.5. The van der Waals surface area contributed by atoms with Crippen molar-refractivity contribution >= 4 is 22.9 Å². The van der Waals surface area contributed by atoms with Crippen molar-refractivity contribution in [2.75, 3.05) is 0 Å². The van der Waals surface area contributed by atoms with Crippen molar-refractivity contribution in [2.45, 2.75) is 19.4 Å². The van der Waals surface area contributed by atoms with Crippen LogP contribution in [-0.4, -0.2) is 4.98 Å². The Hall–Kier alpha value is -0.940. The van der Waals surface area contributed by atoms with E-state index in [1.54, 1.807) is 11.3 Å². The van der Waals surface area contributed by atoms with Crippen LogP contribution in [0.1, 0.15) is 22.0 Å². The summed E-state index contributed by atoms with van der Waals surface area (Å²) in [5.41, 5.74) is 7.00. The average Bonchev–Trinajstić information content (AvgIpc) is 2.79. The Kier molecular flexibility index (Phi) is 4.12. The van der Waals surface area contributed by atoms with E-state index >= 15 is 0 Å². The molecule has 3 nitrogen and oxygen atoms in total. The molecule has 0 bridgehead atoms. The quantitative estimate of drug-likeness (QED) is 0.662. The van der Waals surface area contributed by atoms with Crippen LogP contribution in [0.5, 0.6) is 0 Å². The number of rotatable bonds is 4. The standard InChI is InChI=1S/C12H14ClN3S/c1-8-4-9(13)2-3-11(8)12(16-14)5-10-6-15-7-17-10/h2-4,6-7,12,16H,5,14H2,1H3. The van der Waals surface area contributed by atoms with Gasteiger partial charge in [0.25, 0.3) is 0 Å². The predicted octanol–water partition coefficient (Wildman–Crippen LogP) is 2.85. The van der Waals surface area contributed by atoms with E-state index in [9.17, 15) is 0 Å². The number of nitrogens with two attached hydrogens (primary N) is 1. The third-order valence-corrected chi connectivity index (χ3v) is 3.73. The van der Waals surface area contributed by atoms with Crippen molar-refractivity contribution in [1.82, 2.24) is 10.4 Å². The third kappa shape index (κ3) is 3.04. The number of benzene rings is 1. The minimum atomic E-state index is 0.0905. The number of nitrogens with zero attached hydrogens (tertiary/aromatic N) is 1. The molecule has 1 atom stereocenters. The van der Waals surface area contributed by atoms with Gasteiger partial charge in [0, 0.05) is 22.5 Å². The van der Waals surface area contributed by atoms with Crippen LogP contribution in [0.15, 0.2) is 29.9 Å². The summed E-state index contributed by atoms with van der Waals surface area (Å²) in [6.45, 7) is 2.04. The second-order valence-corrected chi connectivity index (χ2v) is 5.30. The summed E-state index contributed by atoms with van der Waals surface area (Å²) in [5, 5.41) is 0.750. The molecule has 0 aliphatic heterocycles. The van der Waals surface area contributed by atoms with Crippen LogP contribution in [0.25, 0.3) is 0 Å². The molecule has 0 aliphatic rings. The van der Waals surface area contributed by atoms with E-state index in [0.29, 0.717) is 0 Å². The summed E-state index contributed by atoms with van der Waals surface area (Å²) in [4.78, 5) is 5.28. The molecular formula is C12H14ClN3S. The highest BCUT2D eigenvalue weighted by Crippen LogP contribution is 2.24. The van der Waals surface area contributed by atoms with Gasteiger partial charge in [-0.2, -0.15) is 0 Å². The van der Waals surface area contributed by atoms with E-state index in [1.807, 2.05) is 36.8 Å². The number of thiazole rings is 1. The maximum absolute atomic E-state index is 5.95. The molecule has 0 spiro atoms. The van der Waals surface area contributed by atoms with E-state index < -0.39 is 0 Å². The predicted molar refractivity (Wildman–Crippen MR) is 72.1 cm³/mol. The lowest BCUT2D eigenvalue weighted by Crippen LogP contribution is -2.29. The molecular weight excluding hydrogens is 254 g/mol. The second-order valence-electron chi connectivity index (χ2n) is 3.89. The Balaban J connectivity index is 2.23. The van der Waals surface area contributed by atoms with Gasteiger partial charge in [-0.3, -0.25) is 16.3 Å². The van der Waals surface area contributed by atoms with Crippen LogP contribution < -0.4 is 11.3 Å². The molecule has 0 aliphatic carbocycles. The largest absolute Gasteiger partial charge is 0.271 e.